The Balaban J connectivity index is 2.76. The van der Waals surface area contributed by atoms with Crippen molar-refractivity contribution in [3.8, 4) is 0 Å². The van der Waals surface area contributed by atoms with Gasteiger partial charge in [-0.15, -0.1) is 0 Å². The number of carbonyl (C=O) groups is 1. The zero-order valence-corrected chi connectivity index (χ0v) is 13.1. The highest BCUT2D eigenvalue weighted by atomic mass is 32.2. The fraction of sp³-hybridized carbons (Fsp3) is 0.571. The minimum absolute atomic E-state index is 0.222. The van der Waals surface area contributed by atoms with Crippen LogP contribution in [0.1, 0.15) is 35.5 Å². The molecule has 0 aliphatic carbocycles. The second kappa shape index (κ2) is 6.80. The molecule has 1 N–H and O–H groups in total. The number of thioether (sulfide) groups is 1. The molecule has 1 amide bonds. The Morgan fingerprint density at radius 1 is 1.42 bits per heavy atom. The van der Waals surface area contributed by atoms with Gasteiger partial charge in [-0.1, -0.05) is 13.8 Å². The average molecular weight is 282 g/mol. The molecule has 4 nitrogen and oxygen atoms in total. The summed E-state index contributed by atoms with van der Waals surface area (Å²) in [7, 11) is 1.69. The fourth-order valence-electron chi connectivity index (χ4n) is 1.70. The van der Waals surface area contributed by atoms with Crippen LogP contribution in [0.2, 0.25) is 0 Å². The first-order chi connectivity index (χ1) is 8.84. The summed E-state index contributed by atoms with van der Waals surface area (Å²) in [5, 5.41) is 3.34. The van der Waals surface area contributed by atoms with Gasteiger partial charge in [0.1, 0.15) is 5.56 Å². The summed E-state index contributed by atoms with van der Waals surface area (Å²) in [6.45, 7) is 8.59. The van der Waals surface area contributed by atoms with E-state index < -0.39 is 0 Å². The lowest BCUT2D eigenvalue weighted by atomic mass is 10.1. The van der Waals surface area contributed by atoms with Crippen molar-refractivity contribution in [1.29, 1.82) is 0 Å². The average Bonchev–Trinajstić information content (AvgIpc) is 2.36. The maximum atomic E-state index is 12.0. The molecule has 0 saturated heterocycles. The Bertz CT molecular complexity index is 521. The van der Waals surface area contributed by atoms with Crippen molar-refractivity contribution < 1.29 is 4.79 Å². The molecular weight excluding hydrogens is 260 g/mol. The topological polar surface area (TPSA) is 51.1 Å². The second-order valence-corrected chi connectivity index (χ2v) is 6.55. The van der Waals surface area contributed by atoms with Crippen molar-refractivity contribution in [2.75, 3.05) is 12.3 Å². The molecule has 1 rings (SSSR count). The van der Waals surface area contributed by atoms with E-state index in [9.17, 15) is 9.59 Å². The SMILES string of the molecule is Cc1cc(C(=O)NCCSC(C)C)c(=O)n(C)c1C. The van der Waals surface area contributed by atoms with E-state index in [1.165, 1.54) is 4.57 Å². The van der Waals surface area contributed by atoms with E-state index >= 15 is 0 Å². The first-order valence-electron chi connectivity index (χ1n) is 6.41. The van der Waals surface area contributed by atoms with Gasteiger partial charge in [0.25, 0.3) is 11.5 Å². The van der Waals surface area contributed by atoms with Crippen molar-refractivity contribution >= 4 is 17.7 Å². The number of hydrogen-bond donors (Lipinski definition) is 1. The van der Waals surface area contributed by atoms with Crippen molar-refractivity contribution in [3.63, 3.8) is 0 Å². The molecule has 19 heavy (non-hydrogen) atoms. The van der Waals surface area contributed by atoms with Crippen LogP contribution >= 0.6 is 11.8 Å². The van der Waals surface area contributed by atoms with Gasteiger partial charge in [-0.25, -0.2) is 0 Å². The number of aryl methyl sites for hydroxylation is 1. The molecule has 0 aromatic carbocycles. The normalized spacial score (nSPS) is 10.8. The zero-order valence-electron chi connectivity index (χ0n) is 12.2. The third kappa shape index (κ3) is 4.13. The van der Waals surface area contributed by atoms with Gasteiger partial charge in [-0.3, -0.25) is 9.59 Å². The maximum Gasteiger partial charge on any atom is 0.263 e. The van der Waals surface area contributed by atoms with Gasteiger partial charge in [-0.2, -0.15) is 11.8 Å². The third-order valence-corrected chi connectivity index (χ3v) is 4.16. The molecule has 0 aliphatic rings. The molecular formula is C14H22N2O2S. The molecule has 0 bridgehead atoms. The van der Waals surface area contributed by atoms with E-state index in [0.717, 1.165) is 17.0 Å². The summed E-state index contributed by atoms with van der Waals surface area (Å²) in [5.74, 6) is 0.572. The van der Waals surface area contributed by atoms with Crippen LogP contribution in [-0.4, -0.2) is 28.0 Å². The number of amides is 1. The van der Waals surface area contributed by atoms with E-state index in [-0.39, 0.29) is 17.0 Å². The summed E-state index contributed by atoms with van der Waals surface area (Å²) >= 11 is 1.78. The predicted molar refractivity (Wildman–Crippen MR) is 81.1 cm³/mol. The standard InChI is InChI=1S/C14H22N2O2S/c1-9(2)19-7-6-15-13(17)12-8-10(3)11(4)16(5)14(12)18/h8-9H,6-7H2,1-5H3,(H,15,17). The van der Waals surface area contributed by atoms with E-state index in [4.69, 9.17) is 0 Å². The lowest BCUT2D eigenvalue weighted by molar-refractivity contribution is 0.0954. The number of nitrogens with zero attached hydrogens (tertiary/aromatic N) is 1. The van der Waals surface area contributed by atoms with Crippen LogP contribution in [0.5, 0.6) is 0 Å². The molecule has 0 spiro atoms. The van der Waals surface area contributed by atoms with Gasteiger partial charge in [0.05, 0.1) is 0 Å². The van der Waals surface area contributed by atoms with Crippen molar-refractivity contribution in [1.82, 2.24) is 9.88 Å². The monoisotopic (exact) mass is 282 g/mol. The summed E-state index contributed by atoms with van der Waals surface area (Å²) in [5.41, 5.74) is 1.82. The zero-order chi connectivity index (χ0) is 14.6. The molecule has 0 unspecified atom stereocenters. The second-order valence-electron chi connectivity index (χ2n) is 4.87. The molecule has 106 valence electrons. The van der Waals surface area contributed by atoms with Crippen LogP contribution in [0.15, 0.2) is 10.9 Å². The van der Waals surface area contributed by atoms with Crippen molar-refractivity contribution in [3.05, 3.63) is 33.2 Å². The quantitative estimate of drug-likeness (QED) is 0.839. The molecule has 0 fully saturated rings. The Labute approximate surface area is 118 Å². The Morgan fingerprint density at radius 3 is 2.63 bits per heavy atom. The summed E-state index contributed by atoms with van der Waals surface area (Å²) < 4.78 is 1.52. The summed E-state index contributed by atoms with van der Waals surface area (Å²) in [4.78, 5) is 24.0. The van der Waals surface area contributed by atoms with Crippen LogP contribution in [0.25, 0.3) is 0 Å². The smallest absolute Gasteiger partial charge is 0.263 e. The summed E-state index contributed by atoms with van der Waals surface area (Å²) in [6.07, 6.45) is 0. The maximum absolute atomic E-state index is 12.0. The number of pyridine rings is 1. The fourth-order valence-corrected chi connectivity index (χ4v) is 2.39. The molecule has 1 aromatic rings. The van der Waals surface area contributed by atoms with Gasteiger partial charge in [-0.05, 0) is 30.7 Å². The highest BCUT2D eigenvalue weighted by Crippen LogP contribution is 2.08. The van der Waals surface area contributed by atoms with Crippen LogP contribution in [-0.2, 0) is 7.05 Å². The molecule has 1 aromatic heterocycles. The van der Waals surface area contributed by atoms with Crippen molar-refractivity contribution in [2.45, 2.75) is 32.9 Å². The largest absolute Gasteiger partial charge is 0.351 e. The molecule has 1 heterocycles. The van der Waals surface area contributed by atoms with Gasteiger partial charge >= 0.3 is 0 Å². The molecule has 5 heteroatoms. The first kappa shape index (κ1) is 15.8. The van der Waals surface area contributed by atoms with Crippen LogP contribution in [0.4, 0.5) is 0 Å². The van der Waals surface area contributed by atoms with Crippen molar-refractivity contribution in [2.24, 2.45) is 7.05 Å². The van der Waals surface area contributed by atoms with Gasteiger partial charge < -0.3 is 9.88 Å². The highest BCUT2D eigenvalue weighted by Gasteiger charge is 2.13. The van der Waals surface area contributed by atoms with E-state index in [1.54, 1.807) is 24.9 Å². The molecule has 0 saturated carbocycles. The van der Waals surface area contributed by atoms with Gasteiger partial charge in [0.15, 0.2) is 0 Å². The van der Waals surface area contributed by atoms with Crippen LogP contribution < -0.4 is 10.9 Å². The minimum Gasteiger partial charge on any atom is -0.351 e. The molecule has 0 aliphatic heterocycles. The third-order valence-electron chi connectivity index (χ3n) is 3.05. The number of hydrogen-bond acceptors (Lipinski definition) is 3. The first-order valence-corrected chi connectivity index (χ1v) is 7.46. The predicted octanol–water partition coefficient (Wildman–Crippen LogP) is 1.87. The van der Waals surface area contributed by atoms with E-state index in [0.29, 0.717) is 11.8 Å². The number of nitrogens with one attached hydrogen (secondary N) is 1. The molecule has 0 atom stereocenters. The van der Waals surface area contributed by atoms with Crippen LogP contribution in [0.3, 0.4) is 0 Å². The van der Waals surface area contributed by atoms with E-state index in [1.807, 2.05) is 13.8 Å². The molecule has 0 radical (unpaired) electrons. The van der Waals surface area contributed by atoms with E-state index in [2.05, 4.69) is 19.2 Å². The Morgan fingerprint density at radius 2 is 2.05 bits per heavy atom. The summed E-state index contributed by atoms with van der Waals surface area (Å²) in [6, 6.07) is 1.67. The van der Waals surface area contributed by atoms with Crippen LogP contribution in [0, 0.1) is 13.8 Å². The lowest BCUT2D eigenvalue weighted by Crippen LogP contribution is -2.34. The number of rotatable bonds is 5. The number of aromatic nitrogens is 1. The minimum atomic E-state index is -0.284. The lowest BCUT2D eigenvalue weighted by Gasteiger charge is -2.11. The Hall–Kier alpha value is -1.23. The Kier molecular flexibility index (Phi) is 5.66. The van der Waals surface area contributed by atoms with Gasteiger partial charge in [0, 0.05) is 25.0 Å². The van der Waals surface area contributed by atoms with Gasteiger partial charge in [0.2, 0.25) is 0 Å². The highest BCUT2D eigenvalue weighted by molar-refractivity contribution is 7.99. The number of carbonyl (C=O) groups excluding carboxylic acids is 1.